The lowest BCUT2D eigenvalue weighted by Gasteiger charge is -2.34. The van der Waals surface area contributed by atoms with Crippen LogP contribution in [0.3, 0.4) is 0 Å². The average Bonchev–Trinajstić information content (AvgIpc) is 2.56. The molecule has 2 aromatic rings. The van der Waals surface area contributed by atoms with Crippen molar-refractivity contribution in [3.63, 3.8) is 0 Å². The maximum Gasteiger partial charge on any atom is 0.430 e. The predicted octanol–water partition coefficient (Wildman–Crippen LogP) is 5.22. The number of hydrogen-bond donors (Lipinski definition) is 0. The van der Waals surface area contributed by atoms with E-state index in [2.05, 4.69) is 20.7 Å². The fraction of sp³-hybridized carbons (Fsp3) is 0.235. The zero-order valence-corrected chi connectivity index (χ0v) is 14.6. The van der Waals surface area contributed by atoms with E-state index in [-0.39, 0.29) is 17.8 Å². The summed E-state index contributed by atoms with van der Waals surface area (Å²) in [5.74, 6) is 0.645. The van der Waals surface area contributed by atoms with Crippen molar-refractivity contribution in [3.05, 3.63) is 58.1 Å². The van der Waals surface area contributed by atoms with E-state index in [1.54, 1.807) is 30.3 Å². The molecule has 1 aliphatic heterocycles. The van der Waals surface area contributed by atoms with Gasteiger partial charge in [-0.1, -0.05) is 28.1 Å². The van der Waals surface area contributed by atoms with Crippen molar-refractivity contribution < 1.29 is 27.4 Å². The van der Waals surface area contributed by atoms with Crippen LogP contribution in [0.1, 0.15) is 17.2 Å². The minimum atomic E-state index is -4.68. The van der Waals surface area contributed by atoms with Gasteiger partial charge in [0.1, 0.15) is 5.75 Å². The number of halogens is 4. The van der Waals surface area contributed by atoms with Crippen LogP contribution in [0.25, 0.3) is 0 Å². The zero-order chi connectivity index (χ0) is 18.2. The van der Waals surface area contributed by atoms with Gasteiger partial charge in [-0.25, -0.2) is 4.79 Å². The summed E-state index contributed by atoms with van der Waals surface area (Å²) in [4.78, 5) is 13.4. The maximum atomic E-state index is 13.2. The van der Waals surface area contributed by atoms with Crippen molar-refractivity contribution >= 4 is 27.7 Å². The molecule has 1 aliphatic rings. The number of amides is 1. The molecule has 0 aliphatic carbocycles. The molecule has 0 saturated carbocycles. The first-order chi connectivity index (χ1) is 11.8. The summed E-state index contributed by atoms with van der Waals surface area (Å²) >= 11 is 3.16. The molecule has 8 heteroatoms. The van der Waals surface area contributed by atoms with Gasteiger partial charge in [0, 0.05) is 10.0 Å². The molecule has 0 N–H and O–H groups in total. The van der Waals surface area contributed by atoms with E-state index in [0.717, 1.165) is 5.56 Å². The Hall–Kier alpha value is -2.22. The molecule has 1 amide bonds. The van der Waals surface area contributed by atoms with E-state index in [0.29, 0.717) is 10.2 Å². The Morgan fingerprint density at radius 3 is 2.48 bits per heavy atom. The van der Waals surface area contributed by atoms with E-state index in [4.69, 9.17) is 4.74 Å². The third-order valence-electron chi connectivity index (χ3n) is 3.80. The summed E-state index contributed by atoms with van der Waals surface area (Å²) in [6.07, 6.45) is -8.00. The zero-order valence-electron chi connectivity index (χ0n) is 13.0. The minimum Gasteiger partial charge on any atom is -0.497 e. The minimum absolute atomic E-state index is 0.0854. The molecule has 0 saturated heterocycles. The first-order valence-corrected chi connectivity index (χ1v) is 8.06. The number of fused-ring (bicyclic) bond motifs is 1. The summed E-state index contributed by atoms with van der Waals surface area (Å²) in [6, 6.07) is 11.3. The number of rotatable bonds is 3. The molecule has 2 aromatic carbocycles. The highest BCUT2D eigenvalue weighted by atomic mass is 79.9. The number of carbonyl (C=O) groups is 1. The van der Waals surface area contributed by atoms with Crippen LogP contribution in [-0.2, 0) is 11.3 Å². The smallest absolute Gasteiger partial charge is 0.430 e. The van der Waals surface area contributed by atoms with Gasteiger partial charge in [0.2, 0.25) is 6.10 Å². The van der Waals surface area contributed by atoms with Crippen LogP contribution in [0.5, 0.6) is 5.75 Å². The summed E-state index contributed by atoms with van der Waals surface area (Å²) in [7, 11) is 1.53. The molecular formula is C17H13BrF3NO3. The highest BCUT2D eigenvalue weighted by Gasteiger charge is 2.49. The van der Waals surface area contributed by atoms with E-state index >= 15 is 0 Å². The fourth-order valence-electron chi connectivity index (χ4n) is 2.61. The summed E-state index contributed by atoms with van der Waals surface area (Å²) in [5, 5.41) is 0. The molecule has 4 nitrogen and oxygen atoms in total. The summed E-state index contributed by atoms with van der Waals surface area (Å²) < 4.78 is 49.9. The molecule has 1 heterocycles. The first-order valence-electron chi connectivity index (χ1n) is 7.27. The lowest BCUT2D eigenvalue weighted by molar-refractivity contribution is -0.207. The number of ether oxygens (including phenoxy) is 2. The standard InChI is InChI=1S/C17H13BrF3NO3/c1-24-12-5-2-10(3-6-12)9-22-14-7-4-11(18)8-13(14)15(17(19,20)21)25-16(22)23/h2-8,15H,9H2,1H3. The Labute approximate surface area is 150 Å². The molecule has 1 atom stereocenters. The third-order valence-corrected chi connectivity index (χ3v) is 4.29. The molecule has 3 rings (SSSR count). The van der Waals surface area contributed by atoms with Crippen molar-refractivity contribution in [2.75, 3.05) is 12.0 Å². The molecule has 0 fully saturated rings. The van der Waals surface area contributed by atoms with Crippen molar-refractivity contribution in [1.29, 1.82) is 0 Å². The Morgan fingerprint density at radius 1 is 1.20 bits per heavy atom. The first kappa shape index (κ1) is 17.6. The van der Waals surface area contributed by atoms with Crippen LogP contribution in [0.4, 0.5) is 23.7 Å². The number of cyclic esters (lactones) is 1. The molecule has 132 valence electrons. The molecule has 0 radical (unpaired) electrons. The average molecular weight is 416 g/mol. The number of carbonyl (C=O) groups excluding carboxylic acids is 1. The van der Waals surface area contributed by atoms with Gasteiger partial charge in [0.05, 0.1) is 19.3 Å². The molecule has 1 unspecified atom stereocenters. The Morgan fingerprint density at radius 2 is 1.88 bits per heavy atom. The Kier molecular flexibility index (Phi) is 4.64. The van der Waals surface area contributed by atoms with Crippen LogP contribution in [0.15, 0.2) is 46.9 Å². The SMILES string of the molecule is COc1ccc(CN2C(=O)OC(C(F)(F)F)c3cc(Br)ccc32)cc1. The van der Waals surface area contributed by atoms with Gasteiger partial charge in [-0.15, -0.1) is 0 Å². The third kappa shape index (κ3) is 3.58. The molecule has 25 heavy (non-hydrogen) atoms. The van der Waals surface area contributed by atoms with Gasteiger partial charge in [0.15, 0.2) is 0 Å². The Bertz CT molecular complexity index is 793. The van der Waals surface area contributed by atoms with Crippen LogP contribution in [0, 0.1) is 0 Å². The second kappa shape index (κ2) is 6.59. The second-order valence-corrected chi connectivity index (χ2v) is 6.36. The highest BCUT2D eigenvalue weighted by molar-refractivity contribution is 9.10. The van der Waals surface area contributed by atoms with Gasteiger partial charge >= 0.3 is 12.3 Å². The fourth-order valence-corrected chi connectivity index (χ4v) is 2.99. The quantitative estimate of drug-likeness (QED) is 0.689. The van der Waals surface area contributed by atoms with E-state index in [1.807, 2.05) is 0 Å². The topological polar surface area (TPSA) is 38.8 Å². The lowest BCUT2D eigenvalue weighted by Crippen LogP contribution is -2.41. The molecule has 0 aromatic heterocycles. The van der Waals surface area contributed by atoms with Gasteiger partial charge in [-0.2, -0.15) is 13.2 Å². The van der Waals surface area contributed by atoms with Crippen LogP contribution < -0.4 is 9.64 Å². The number of benzene rings is 2. The van der Waals surface area contributed by atoms with E-state index in [9.17, 15) is 18.0 Å². The van der Waals surface area contributed by atoms with E-state index in [1.165, 1.54) is 24.1 Å². The lowest BCUT2D eigenvalue weighted by atomic mass is 10.0. The number of alkyl halides is 3. The van der Waals surface area contributed by atoms with Crippen molar-refractivity contribution in [3.8, 4) is 5.75 Å². The van der Waals surface area contributed by atoms with Crippen LogP contribution in [0.2, 0.25) is 0 Å². The maximum absolute atomic E-state index is 13.2. The largest absolute Gasteiger partial charge is 0.497 e. The number of methoxy groups -OCH3 is 1. The Balaban J connectivity index is 1.98. The van der Waals surface area contributed by atoms with Crippen LogP contribution >= 0.6 is 15.9 Å². The monoisotopic (exact) mass is 415 g/mol. The summed E-state index contributed by atoms with van der Waals surface area (Å²) in [6.45, 7) is 0.0854. The normalized spacial score (nSPS) is 17.1. The summed E-state index contributed by atoms with van der Waals surface area (Å²) in [5.41, 5.74) is 0.810. The van der Waals surface area contributed by atoms with Gasteiger partial charge in [-0.3, -0.25) is 4.90 Å². The van der Waals surface area contributed by atoms with Crippen molar-refractivity contribution in [2.45, 2.75) is 18.8 Å². The van der Waals surface area contributed by atoms with Crippen LogP contribution in [-0.4, -0.2) is 19.4 Å². The number of nitrogens with zero attached hydrogens (tertiary/aromatic N) is 1. The second-order valence-electron chi connectivity index (χ2n) is 5.44. The van der Waals surface area contributed by atoms with Gasteiger partial charge in [0.25, 0.3) is 0 Å². The number of hydrogen-bond acceptors (Lipinski definition) is 3. The van der Waals surface area contributed by atoms with Gasteiger partial charge < -0.3 is 9.47 Å². The molecule has 0 spiro atoms. The van der Waals surface area contributed by atoms with Gasteiger partial charge in [-0.05, 0) is 35.9 Å². The molecule has 0 bridgehead atoms. The van der Waals surface area contributed by atoms with Crippen molar-refractivity contribution in [1.82, 2.24) is 0 Å². The molecular weight excluding hydrogens is 403 g/mol. The predicted molar refractivity (Wildman–Crippen MR) is 88.6 cm³/mol. The van der Waals surface area contributed by atoms with E-state index < -0.39 is 18.4 Å². The van der Waals surface area contributed by atoms with Crippen molar-refractivity contribution in [2.24, 2.45) is 0 Å². The highest BCUT2D eigenvalue weighted by Crippen LogP contribution is 2.45. The number of anilines is 1.